The van der Waals surface area contributed by atoms with Gasteiger partial charge in [0.15, 0.2) is 16.6 Å². The Morgan fingerprint density at radius 1 is 1.16 bits per heavy atom. The van der Waals surface area contributed by atoms with Gasteiger partial charge in [-0.3, -0.25) is 4.98 Å². The first-order valence-corrected chi connectivity index (χ1v) is 11.2. The van der Waals surface area contributed by atoms with Crippen LogP contribution < -0.4 is 14.8 Å². The van der Waals surface area contributed by atoms with E-state index < -0.39 is 0 Å². The van der Waals surface area contributed by atoms with Gasteiger partial charge in [-0.2, -0.15) is 0 Å². The van der Waals surface area contributed by atoms with Crippen molar-refractivity contribution in [1.82, 2.24) is 19.8 Å². The summed E-state index contributed by atoms with van der Waals surface area (Å²) in [6.07, 6.45) is 2.46. The van der Waals surface area contributed by atoms with Gasteiger partial charge in [0.05, 0.1) is 17.8 Å². The first kappa shape index (κ1) is 20.8. The summed E-state index contributed by atoms with van der Waals surface area (Å²) in [5, 5.41) is 13.6. The molecule has 1 saturated heterocycles. The van der Waals surface area contributed by atoms with E-state index in [0.29, 0.717) is 18.1 Å². The van der Waals surface area contributed by atoms with Crippen molar-refractivity contribution >= 4 is 17.3 Å². The molecule has 2 N–H and O–H groups in total. The number of rotatable bonds is 6. The molecule has 0 saturated carbocycles. The van der Waals surface area contributed by atoms with Crippen LogP contribution in [0.3, 0.4) is 0 Å². The van der Waals surface area contributed by atoms with E-state index >= 15 is 0 Å². The van der Waals surface area contributed by atoms with E-state index in [1.165, 1.54) is 5.56 Å². The standard InChI is InChI=1S/C24H26N4O3S/c1-15-12-18(16(2)28(15)17-7-8-20-21(13-17)31-14-30-20)23-22(19-6-3-4-9-25-19)26-24(32)27(23)10-5-11-29/h3-4,6-9,12-13,22-23,29H,5,10-11,14H2,1-2H3,(H,26,32)/t22-,23+/m1/s1. The van der Waals surface area contributed by atoms with Crippen molar-refractivity contribution in [3.63, 3.8) is 0 Å². The Morgan fingerprint density at radius 3 is 2.78 bits per heavy atom. The van der Waals surface area contributed by atoms with E-state index in [-0.39, 0.29) is 25.5 Å². The second kappa shape index (κ2) is 8.44. The smallest absolute Gasteiger partial charge is 0.231 e. The minimum absolute atomic E-state index is 0.0297. The van der Waals surface area contributed by atoms with Crippen LogP contribution in [0.1, 0.15) is 41.1 Å². The summed E-state index contributed by atoms with van der Waals surface area (Å²) in [5.41, 5.74) is 5.41. The van der Waals surface area contributed by atoms with Crippen molar-refractivity contribution in [2.24, 2.45) is 0 Å². The van der Waals surface area contributed by atoms with Crippen molar-refractivity contribution in [2.45, 2.75) is 32.4 Å². The molecule has 0 aliphatic carbocycles. The first-order valence-electron chi connectivity index (χ1n) is 10.8. The quantitative estimate of drug-likeness (QED) is 0.556. The maximum Gasteiger partial charge on any atom is 0.231 e. The van der Waals surface area contributed by atoms with Crippen LogP contribution in [-0.4, -0.2) is 44.6 Å². The molecule has 2 aliphatic heterocycles. The molecule has 1 fully saturated rings. The van der Waals surface area contributed by atoms with Crippen LogP contribution in [0.2, 0.25) is 0 Å². The van der Waals surface area contributed by atoms with E-state index in [9.17, 15) is 5.11 Å². The Bertz CT molecular complexity index is 1150. The lowest BCUT2D eigenvalue weighted by molar-refractivity contribution is 0.174. The maximum atomic E-state index is 9.45. The highest BCUT2D eigenvalue weighted by Crippen LogP contribution is 2.42. The van der Waals surface area contributed by atoms with Gasteiger partial charge in [-0.05, 0) is 68.4 Å². The number of aliphatic hydroxyl groups is 1. The highest BCUT2D eigenvalue weighted by molar-refractivity contribution is 7.80. The van der Waals surface area contributed by atoms with Crippen molar-refractivity contribution in [3.05, 3.63) is 71.3 Å². The van der Waals surface area contributed by atoms with Gasteiger partial charge in [0.1, 0.15) is 0 Å². The lowest BCUT2D eigenvalue weighted by Crippen LogP contribution is -2.31. The Morgan fingerprint density at radius 2 is 2.00 bits per heavy atom. The molecule has 7 nitrogen and oxygen atoms in total. The molecule has 1 aromatic carbocycles. The van der Waals surface area contributed by atoms with Gasteiger partial charge in [-0.25, -0.2) is 0 Å². The van der Waals surface area contributed by atoms with Crippen molar-refractivity contribution in [1.29, 1.82) is 0 Å². The largest absolute Gasteiger partial charge is 0.454 e. The third kappa shape index (κ3) is 3.49. The van der Waals surface area contributed by atoms with E-state index in [4.69, 9.17) is 21.7 Å². The van der Waals surface area contributed by atoms with Crippen LogP contribution in [0.5, 0.6) is 11.5 Å². The van der Waals surface area contributed by atoms with Crippen molar-refractivity contribution < 1.29 is 14.6 Å². The van der Waals surface area contributed by atoms with Gasteiger partial charge >= 0.3 is 0 Å². The summed E-state index contributed by atoms with van der Waals surface area (Å²) < 4.78 is 13.3. The normalized spacial score (nSPS) is 19.5. The zero-order chi connectivity index (χ0) is 22.2. The monoisotopic (exact) mass is 450 g/mol. The molecule has 0 bridgehead atoms. The van der Waals surface area contributed by atoms with Gasteiger partial charge in [-0.1, -0.05) is 6.07 Å². The molecule has 32 heavy (non-hydrogen) atoms. The van der Waals surface area contributed by atoms with E-state index in [0.717, 1.165) is 34.3 Å². The minimum Gasteiger partial charge on any atom is -0.454 e. The number of hydrogen-bond donors (Lipinski definition) is 2. The number of nitrogens with one attached hydrogen (secondary N) is 1. The Balaban J connectivity index is 1.59. The van der Waals surface area contributed by atoms with E-state index in [1.54, 1.807) is 0 Å². The van der Waals surface area contributed by atoms with E-state index in [1.807, 2.05) is 36.5 Å². The number of aromatic nitrogens is 2. The second-order valence-corrected chi connectivity index (χ2v) is 8.48. The van der Waals surface area contributed by atoms with Gasteiger partial charge in [0, 0.05) is 42.5 Å². The molecule has 4 heterocycles. The SMILES string of the molecule is Cc1cc([C@H]2[C@@H](c3ccccn3)NC(=S)N2CCCO)c(C)n1-c1ccc2c(c1)OCO2. The summed E-state index contributed by atoms with van der Waals surface area (Å²) in [4.78, 5) is 6.78. The summed E-state index contributed by atoms with van der Waals surface area (Å²) in [6.45, 7) is 5.29. The highest BCUT2D eigenvalue weighted by Gasteiger charge is 2.41. The lowest BCUT2D eigenvalue weighted by Gasteiger charge is -2.28. The molecule has 8 heteroatoms. The molecule has 0 unspecified atom stereocenters. The first-order chi connectivity index (χ1) is 15.6. The van der Waals surface area contributed by atoms with Gasteiger partial charge < -0.3 is 29.4 Å². The van der Waals surface area contributed by atoms with Gasteiger partial charge in [0.25, 0.3) is 0 Å². The molecule has 3 aromatic rings. The Labute approximate surface area is 192 Å². The fraction of sp³-hybridized carbons (Fsp3) is 0.333. The third-order valence-electron chi connectivity index (χ3n) is 6.16. The summed E-state index contributed by atoms with van der Waals surface area (Å²) >= 11 is 5.71. The zero-order valence-electron chi connectivity index (χ0n) is 18.1. The highest BCUT2D eigenvalue weighted by atomic mass is 32.1. The minimum atomic E-state index is -0.0758. The molecule has 2 aromatic heterocycles. The number of nitrogens with zero attached hydrogens (tertiary/aromatic N) is 3. The number of aryl methyl sites for hydroxylation is 1. The van der Waals surface area contributed by atoms with Crippen LogP contribution in [0.25, 0.3) is 5.69 Å². The second-order valence-electron chi connectivity index (χ2n) is 8.10. The lowest BCUT2D eigenvalue weighted by atomic mass is 9.96. The molecule has 166 valence electrons. The molecular weight excluding hydrogens is 424 g/mol. The van der Waals surface area contributed by atoms with Crippen LogP contribution in [0.4, 0.5) is 0 Å². The number of pyridine rings is 1. The molecule has 2 atom stereocenters. The fourth-order valence-corrected chi connectivity index (χ4v) is 5.07. The molecule has 0 amide bonds. The van der Waals surface area contributed by atoms with Gasteiger partial charge in [0.2, 0.25) is 6.79 Å². The Hall–Kier alpha value is -3.10. The van der Waals surface area contributed by atoms with Crippen molar-refractivity contribution in [2.75, 3.05) is 19.9 Å². The summed E-state index contributed by atoms with van der Waals surface area (Å²) in [5.74, 6) is 1.53. The predicted molar refractivity (Wildman–Crippen MR) is 125 cm³/mol. The zero-order valence-corrected chi connectivity index (χ0v) is 18.9. The van der Waals surface area contributed by atoms with Crippen molar-refractivity contribution in [3.8, 4) is 17.2 Å². The molecule has 2 aliphatic rings. The predicted octanol–water partition coefficient (Wildman–Crippen LogP) is 3.57. The fourth-order valence-electron chi connectivity index (χ4n) is 4.73. The molecular formula is C24H26N4O3S. The summed E-state index contributed by atoms with van der Waals surface area (Å²) in [6, 6.07) is 14.1. The average Bonchev–Trinajstić information content (AvgIpc) is 3.48. The van der Waals surface area contributed by atoms with Crippen LogP contribution >= 0.6 is 12.2 Å². The third-order valence-corrected chi connectivity index (χ3v) is 6.51. The molecule has 0 radical (unpaired) electrons. The van der Waals surface area contributed by atoms with E-state index in [2.05, 4.69) is 45.7 Å². The maximum absolute atomic E-state index is 9.45. The summed E-state index contributed by atoms with van der Waals surface area (Å²) in [7, 11) is 0. The number of ether oxygens (including phenoxy) is 2. The number of aliphatic hydroxyl groups excluding tert-OH is 1. The number of hydrogen-bond acceptors (Lipinski definition) is 5. The van der Waals surface area contributed by atoms with Gasteiger partial charge in [-0.15, -0.1) is 0 Å². The topological polar surface area (TPSA) is 71.8 Å². The van der Waals surface area contributed by atoms with Crippen LogP contribution in [0, 0.1) is 13.8 Å². The molecule has 5 rings (SSSR count). The van der Waals surface area contributed by atoms with Crippen LogP contribution in [-0.2, 0) is 0 Å². The Kier molecular flexibility index (Phi) is 5.48. The average molecular weight is 451 g/mol. The number of fused-ring (bicyclic) bond motifs is 1. The number of benzene rings is 1. The molecule has 0 spiro atoms. The van der Waals surface area contributed by atoms with Crippen LogP contribution in [0.15, 0.2) is 48.7 Å². The number of thiocarbonyl (C=S) groups is 1.